The summed E-state index contributed by atoms with van der Waals surface area (Å²) in [5.74, 6) is 0.378. The van der Waals surface area contributed by atoms with Gasteiger partial charge >= 0.3 is 0 Å². The summed E-state index contributed by atoms with van der Waals surface area (Å²) >= 11 is 0. The minimum Gasteiger partial charge on any atom is -0.505 e. The van der Waals surface area contributed by atoms with Gasteiger partial charge in [0.15, 0.2) is 0 Å². The third-order valence-electron chi connectivity index (χ3n) is 4.94. The molecule has 4 N–H and O–H groups in total. The van der Waals surface area contributed by atoms with Crippen molar-refractivity contribution in [2.24, 2.45) is 5.73 Å². The monoisotopic (exact) mass is 318 g/mol. The molecule has 0 saturated heterocycles. The van der Waals surface area contributed by atoms with E-state index < -0.39 is 0 Å². The van der Waals surface area contributed by atoms with E-state index in [1.54, 1.807) is 0 Å². The van der Waals surface area contributed by atoms with E-state index in [2.05, 4.69) is 59.0 Å². The van der Waals surface area contributed by atoms with Gasteiger partial charge in [-0.05, 0) is 35.3 Å². The molecular formula is C20H34N2O. The largest absolute Gasteiger partial charge is 0.505 e. The average molecular weight is 319 g/mol. The van der Waals surface area contributed by atoms with Gasteiger partial charge in [0.05, 0.1) is 5.69 Å². The molecule has 0 unspecified atom stereocenters. The molecule has 2 atom stereocenters. The summed E-state index contributed by atoms with van der Waals surface area (Å²) in [5.41, 5.74) is 9.30. The maximum Gasteiger partial charge on any atom is 0.142 e. The van der Waals surface area contributed by atoms with Crippen LogP contribution < -0.4 is 11.1 Å². The first-order valence-corrected chi connectivity index (χ1v) is 8.90. The molecule has 1 aliphatic carbocycles. The van der Waals surface area contributed by atoms with Crippen molar-refractivity contribution < 1.29 is 5.11 Å². The van der Waals surface area contributed by atoms with Crippen molar-refractivity contribution in [3.05, 3.63) is 23.3 Å². The van der Waals surface area contributed by atoms with Gasteiger partial charge in [-0.25, -0.2) is 0 Å². The van der Waals surface area contributed by atoms with E-state index in [1.807, 2.05) is 0 Å². The van der Waals surface area contributed by atoms with Crippen LogP contribution >= 0.6 is 0 Å². The summed E-state index contributed by atoms with van der Waals surface area (Å²) in [6.45, 7) is 13.1. The molecule has 0 bridgehead atoms. The van der Waals surface area contributed by atoms with Gasteiger partial charge in [0, 0.05) is 17.6 Å². The third kappa shape index (κ3) is 4.20. The Hall–Kier alpha value is -1.22. The molecule has 1 fully saturated rings. The van der Waals surface area contributed by atoms with Crippen LogP contribution in [0.15, 0.2) is 12.1 Å². The van der Waals surface area contributed by atoms with Crippen LogP contribution in [0.5, 0.6) is 5.75 Å². The number of hydrogen-bond acceptors (Lipinski definition) is 3. The minimum absolute atomic E-state index is 0.0405. The van der Waals surface area contributed by atoms with Gasteiger partial charge in [0.25, 0.3) is 0 Å². The maximum atomic E-state index is 10.8. The van der Waals surface area contributed by atoms with Crippen LogP contribution in [0.1, 0.15) is 78.4 Å². The van der Waals surface area contributed by atoms with E-state index >= 15 is 0 Å². The summed E-state index contributed by atoms with van der Waals surface area (Å²) in [5, 5.41) is 14.4. The van der Waals surface area contributed by atoms with Crippen molar-refractivity contribution in [3.8, 4) is 5.75 Å². The molecule has 1 aromatic carbocycles. The lowest BCUT2D eigenvalue weighted by atomic mass is 9.79. The molecule has 3 heteroatoms. The number of phenols is 1. The van der Waals surface area contributed by atoms with Crippen molar-refractivity contribution in [2.75, 3.05) is 5.32 Å². The number of anilines is 1. The molecule has 0 heterocycles. The minimum atomic E-state index is -0.101. The topological polar surface area (TPSA) is 58.3 Å². The number of hydrogen-bond donors (Lipinski definition) is 3. The van der Waals surface area contributed by atoms with Crippen LogP contribution in [-0.4, -0.2) is 17.2 Å². The number of aromatic hydroxyl groups is 1. The van der Waals surface area contributed by atoms with E-state index in [9.17, 15) is 5.11 Å². The van der Waals surface area contributed by atoms with Gasteiger partial charge in [-0.1, -0.05) is 60.5 Å². The van der Waals surface area contributed by atoms with E-state index in [4.69, 9.17) is 5.73 Å². The second-order valence-electron chi connectivity index (χ2n) is 9.12. The molecule has 1 aliphatic rings. The molecule has 0 radical (unpaired) electrons. The molecule has 23 heavy (non-hydrogen) atoms. The number of nitrogens with two attached hydrogens (primary N) is 1. The summed E-state index contributed by atoms with van der Waals surface area (Å²) in [7, 11) is 0. The zero-order valence-corrected chi connectivity index (χ0v) is 15.7. The number of rotatable bonds is 2. The number of phenolic OH excluding ortho intramolecular Hbond substituents is 1. The Labute approximate surface area is 141 Å². The standard InChI is InChI=1S/C20H34N2O/c1-19(2,3)13-11-14(20(4,5)6)18(23)17(12-13)22-16-10-8-7-9-15(16)21/h11-12,15-16,22-23H,7-10,21H2,1-6H3/t15-,16-/m1/s1. The van der Waals surface area contributed by atoms with E-state index in [0.29, 0.717) is 5.75 Å². The van der Waals surface area contributed by atoms with Crippen LogP contribution in [0, 0.1) is 0 Å². The summed E-state index contributed by atoms with van der Waals surface area (Å²) in [6.07, 6.45) is 4.55. The fourth-order valence-electron chi connectivity index (χ4n) is 3.29. The van der Waals surface area contributed by atoms with Crippen molar-refractivity contribution >= 4 is 5.69 Å². The highest BCUT2D eigenvalue weighted by molar-refractivity contribution is 5.64. The number of nitrogens with one attached hydrogen (secondary N) is 1. The Morgan fingerprint density at radius 1 is 1.00 bits per heavy atom. The zero-order valence-electron chi connectivity index (χ0n) is 15.7. The Bertz CT molecular complexity index is 552. The van der Waals surface area contributed by atoms with Gasteiger partial charge < -0.3 is 16.2 Å². The zero-order chi connectivity index (χ0) is 17.4. The first-order valence-electron chi connectivity index (χ1n) is 8.90. The lowest BCUT2D eigenvalue weighted by molar-refractivity contribution is 0.400. The van der Waals surface area contributed by atoms with Gasteiger partial charge in [-0.3, -0.25) is 0 Å². The summed E-state index contributed by atoms with van der Waals surface area (Å²) in [4.78, 5) is 0. The second kappa shape index (κ2) is 6.35. The van der Waals surface area contributed by atoms with Crippen LogP contribution in [-0.2, 0) is 10.8 Å². The fraction of sp³-hybridized carbons (Fsp3) is 0.700. The van der Waals surface area contributed by atoms with E-state index in [-0.39, 0.29) is 22.9 Å². The molecule has 2 rings (SSSR count). The van der Waals surface area contributed by atoms with Gasteiger partial charge in [-0.15, -0.1) is 0 Å². The van der Waals surface area contributed by atoms with Crippen LogP contribution in [0.3, 0.4) is 0 Å². The normalized spacial score (nSPS) is 22.9. The Kier molecular flexibility index (Phi) is 5.00. The van der Waals surface area contributed by atoms with Crippen LogP contribution in [0.4, 0.5) is 5.69 Å². The van der Waals surface area contributed by atoms with Gasteiger partial charge in [-0.2, -0.15) is 0 Å². The SMILES string of the molecule is CC(C)(C)c1cc(N[C@@H]2CCCC[C@H]2N)c(O)c(C(C)(C)C)c1. The molecule has 1 saturated carbocycles. The van der Waals surface area contributed by atoms with Crippen molar-refractivity contribution in [1.29, 1.82) is 0 Å². The lowest BCUT2D eigenvalue weighted by Gasteiger charge is -2.33. The average Bonchev–Trinajstić information content (AvgIpc) is 2.40. The smallest absolute Gasteiger partial charge is 0.142 e. The summed E-state index contributed by atoms with van der Waals surface area (Å²) < 4.78 is 0. The Balaban J connectivity index is 2.45. The molecule has 0 spiro atoms. The fourth-order valence-corrected chi connectivity index (χ4v) is 3.29. The molecule has 0 aromatic heterocycles. The lowest BCUT2D eigenvalue weighted by Crippen LogP contribution is -2.42. The quantitative estimate of drug-likeness (QED) is 0.695. The first-order chi connectivity index (χ1) is 10.5. The second-order valence-corrected chi connectivity index (χ2v) is 9.12. The Morgan fingerprint density at radius 3 is 2.13 bits per heavy atom. The predicted octanol–water partition coefficient (Wildman–Crippen LogP) is 4.67. The summed E-state index contributed by atoms with van der Waals surface area (Å²) in [6, 6.07) is 4.67. The van der Waals surface area contributed by atoms with Crippen molar-refractivity contribution in [1.82, 2.24) is 0 Å². The highest BCUT2D eigenvalue weighted by Crippen LogP contribution is 2.41. The van der Waals surface area contributed by atoms with Gasteiger partial charge in [0.2, 0.25) is 0 Å². The number of benzene rings is 1. The first kappa shape index (κ1) is 18.1. The van der Waals surface area contributed by atoms with Crippen molar-refractivity contribution in [3.63, 3.8) is 0 Å². The van der Waals surface area contributed by atoms with Crippen molar-refractivity contribution in [2.45, 2.75) is 90.1 Å². The van der Waals surface area contributed by atoms with Crippen LogP contribution in [0.2, 0.25) is 0 Å². The maximum absolute atomic E-state index is 10.8. The van der Waals surface area contributed by atoms with Gasteiger partial charge in [0.1, 0.15) is 5.75 Å². The van der Waals surface area contributed by atoms with E-state index in [0.717, 1.165) is 24.1 Å². The predicted molar refractivity (Wildman–Crippen MR) is 99.4 cm³/mol. The molecule has 130 valence electrons. The Morgan fingerprint density at radius 2 is 1.61 bits per heavy atom. The third-order valence-corrected chi connectivity index (χ3v) is 4.94. The van der Waals surface area contributed by atoms with Crippen LogP contribution in [0.25, 0.3) is 0 Å². The molecule has 1 aromatic rings. The molecule has 0 aliphatic heterocycles. The highest BCUT2D eigenvalue weighted by Gasteiger charge is 2.27. The highest BCUT2D eigenvalue weighted by atomic mass is 16.3. The molecule has 0 amide bonds. The molecule has 3 nitrogen and oxygen atoms in total. The van der Waals surface area contributed by atoms with E-state index in [1.165, 1.54) is 18.4 Å². The molecular weight excluding hydrogens is 284 g/mol.